The largest absolute Gasteiger partial charge is 0.392 e. The van der Waals surface area contributed by atoms with Crippen LogP contribution in [-0.2, 0) is 6.42 Å². The summed E-state index contributed by atoms with van der Waals surface area (Å²) in [5.41, 5.74) is 2.76. The highest BCUT2D eigenvalue weighted by atomic mass is 35.5. The summed E-state index contributed by atoms with van der Waals surface area (Å²) in [5, 5.41) is 11.2. The zero-order chi connectivity index (χ0) is 17.8. The number of hydrogen-bond donors (Lipinski definition) is 1. The monoisotopic (exact) mass is 357 g/mol. The third kappa shape index (κ3) is 4.42. The number of amides is 1. The quantitative estimate of drug-likeness (QED) is 0.894. The van der Waals surface area contributed by atoms with Gasteiger partial charge < -0.3 is 10.0 Å². The van der Waals surface area contributed by atoms with E-state index in [2.05, 4.69) is 0 Å². The third-order valence-corrected chi connectivity index (χ3v) is 5.49. The van der Waals surface area contributed by atoms with Crippen molar-refractivity contribution in [1.29, 1.82) is 0 Å². The van der Waals surface area contributed by atoms with E-state index in [0.29, 0.717) is 30.1 Å². The Morgan fingerprint density at radius 1 is 1.20 bits per heavy atom. The van der Waals surface area contributed by atoms with Crippen molar-refractivity contribution in [2.24, 2.45) is 5.92 Å². The molecule has 1 N–H and O–H groups in total. The molecule has 3 rings (SSSR count). The molecule has 3 nitrogen and oxygen atoms in total. The second-order valence-corrected chi connectivity index (χ2v) is 7.26. The Bertz CT molecular complexity index is 724. The molecular weight excluding hydrogens is 334 g/mol. The maximum atomic E-state index is 12.7. The average Bonchev–Trinajstić information content (AvgIpc) is 2.64. The van der Waals surface area contributed by atoms with Gasteiger partial charge in [0.15, 0.2) is 0 Å². The summed E-state index contributed by atoms with van der Waals surface area (Å²) in [7, 11) is 0. The number of hydrogen-bond acceptors (Lipinski definition) is 2. The molecule has 1 unspecified atom stereocenters. The van der Waals surface area contributed by atoms with E-state index in [1.807, 2.05) is 48.2 Å². The van der Waals surface area contributed by atoms with E-state index in [1.54, 1.807) is 12.1 Å². The van der Waals surface area contributed by atoms with Crippen molar-refractivity contribution in [2.45, 2.75) is 32.3 Å². The number of likely N-dealkylation sites (tertiary alicyclic amines) is 1. The summed E-state index contributed by atoms with van der Waals surface area (Å²) in [6, 6.07) is 15.5. The lowest BCUT2D eigenvalue weighted by Crippen LogP contribution is -2.41. The van der Waals surface area contributed by atoms with Crippen LogP contribution in [0.25, 0.3) is 0 Å². The van der Waals surface area contributed by atoms with E-state index in [-0.39, 0.29) is 17.9 Å². The molecule has 4 heteroatoms. The maximum Gasteiger partial charge on any atom is 0.253 e. The van der Waals surface area contributed by atoms with E-state index in [4.69, 9.17) is 11.6 Å². The number of nitrogens with zero attached hydrogens (tertiary/aromatic N) is 1. The van der Waals surface area contributed by atoms with Gasteiger partial charge in [-0.3, -0.25) is 4.79 Å². The molecule has 1 aliphatic heterocycles. The van der Waals surface area contributed by atoms with Crippen molar-refractivity contribution in [3.63, 3.8) is 0 Å². The van der Waals surface area contributed by atoms with E-state index in [9.17, 15) is 9.90 Å². The Hall–Kier alpha value is -1.84. The second kappa shape index (κ2) is 8.03. The molecule has 1 atom stereocenters. The summed E-state index contributed by atoms with van der Waals surface area (Å²) in [6.45, 7) is 3.29. The van der Waals surface area contributed by atoms with Crippen molar-refractivity contribution in [3.05, 3.63) is 70.2 Å². The minimum Gasteiger partial charge on any atom is -0.392 e. The molecule has 0 spiro atoms. The van der Waals surface area contributed by atoms with Crippen molar-refractivity contribution in [3.8, 4) is 0 Å². The first kappa shape index (κ1) is 18.0. The van der Waals surface area contributed by atoms with Gasteiger partial charge in [-0.1, -0.05) is 41.9 Å². The van der Waals surface area contributed by atoms with E-state index >= 15 is 0 Å². The zero-order valence-electron chi connectivity index (χ0n) is 14.5. The van der Waals surface area contributed by atoms with Gasteiger partial charge in [-0.2, -0.15) is 0 Å². The molecule has 1 heterocycles. The van der Waals surface area contributed by atoms with E-state index in [1.165, 1.54) is 0 Å². The normalized spacial score (nSPS) is 16.7. The molecule has 1 fully saturated rings. The fourth-order valence-electron chi connectivity index (χ4n) is 3.47. The van der Waals surface area contributed by atoms with Crippen molar-refractivity contribution < 1.29 is 9.90 Å². The van der Waals surface area contributed by atoms with Gasteiger partial charge in [0.1, 0.15) is 0 Å². The number of carbonyl (C=O) groups excluding carboxylic acids is 1. The minimum absolute atomic E-state index is 0.0516. The van der Waals surface area contributed by atoms with Crippen LogP contribution in [0.15, 0.2) is 48.5 Å². The third-order valence-electron chi connectivity index (χ3n) is 5.06. The van der Waals surface area contributed by atoms with Gasteiger partial charge >= 0.3 is 0 Å². The van der Waals surface area contributed by atoms with Gasteiger partial charge in [0.25, 0.3) is 5.91 Å². The Morgan fingerprint density at radius 2 is 1.88 bits per heavy atom. The highest BCUT2D eigenvalue weighted by Crippen LogP contribution is 2.25. The van der Waals surface area contributed by atoms with Crippen LogP contribution in [0.1, 0.15) is 34.3 Å². The van der Waals surface area contributed by atoms with Gasteiger partial charge in [0, 0.05) is 23.7 Å². The van der Waals surface area contributed by atoms with E-state index < -0.39 is 0 Å². The Labute approximate surface area is 154 Å². The number of carbonyl (C=O) groups is 1. The highest BCUT2D eigenvalue weighted by molar-refractivity contribution is 6.31. The Balaban J connectivity index is 1.56. The molecule has 0 radical (unpaired) electrons. The van der Waals surface area contributed by atoms with Gasteiger partial charge in [-0.25, -0.2) is 0 Å². The Morgan fingerprint density at radius 3 is 2.52 bits per heavy atom. The van der Waals surface area contributed by atoms with Gasteiger partial charge in [-0.15, -0.1) is 0 Å². The summed E-state index contributed by atoms with van der Waals surface area (Å²) >= 11 is 6.04. The van der Waals surface area contributed by atoms with E-state index in [0.717, 1.165) is 24.0 Å². The van der Waals surface area contributed by atoms with Crippen LogP contribution in [0, 0.1) is 12.8 Å². The number of aryl methyl sites for hydroxylation is 1. The molecule has 1 saturated heterocycles. The number of rotatable bonds is 4. The molecule has 25 heavy (non-hydrogen) atoms. The van der Waals surface area contributed by atoms with Crippen molar-refractivity contribution >= 4 is 17.5 Å². The standard InChI is InChI=1S/C21H24ClNO2/c1-15-13-18(7-8-19(15)22)21(25)23-11-9-17(10-12-23)20(24)14-16-5-3-2-4-6-16/h2-8,13,17,20,24H,9-12,14H2,1H3. The molecule has 0 saturated carbocycles. The van der Waals surface area contributed by atoms with Crippen molar-refractivity contribution in [1.82, 2.24) is 4.90 Å². The first-order valence-electron chi connectivity index (χ1n) is 8.82. The lowest BCUT2D eigenvalue weighted by molar-refractivity contribution is 0.0467. The van der Waals surface area contributed by atoms with Gasteiger partial charge in [-0.05, 0) is 61.4 Å². The van der Waals surface area contributed by atoms with Gasteiger partial charge in [0.2, 0.25) is 0 Å². The fourth-order valence-corrected chi connectivity index (χ4v) is 3.59. The number of benzene rings is 2. The summed E-state index contributed by atoms with van der Waals surface area (Å²) < 4.78 is 0. The number of halogens is 1. The zero-order valence-corrected chi connectivity index (χ0v) is 15.2. The molecule has 1 amide bonds. The summed E-state index contributed by atoms with van der Waals surface area (Å²) in [6.07, 6.45) is 2.01. The summed E-state index contributed by atoms with van der Waals surface area (Å²) in [5.74, 6) is 0.298. The molecule has 0 aromatic heterocycles. The van der Waals surface area contributed by atoms with Crippen LogP contribution >= 0.6 is 11.6 Å². The molecule has 132 valence electrons. The number of aliphatic hydroxyl groups is 1. The summed E-state index contributed by atoms with van der Waals surface area (Å²) in [4.78, 5) is 14.5. The fraction of sp³-hybridized carbons (Fsp3) is 0.381. The molecular formula is C21H24ClNO2. The minimum atomic E-state index is -0.350. The van der Waals surface area contributed by atoms with Crippen LogP contribution in [0.2, 0.25) is 5.02 Å². The maximum absolute atomic E-state index is 12.7. The first-order chi connectivity index (χ1) is 12.0. The average molecular weight is 358 g/mol. The van der Waals surface area contributed by atoms with Crippen LogP contribution in [0.4, 0.5) is 0 Å². The lowest BCUT2D eigenvalue weighted by atomic mass is 9.87. The SMILES string of the molecule is Cc1cc(C(=O)N2CCC(C(O)Cc3ccccc3)CC2)ccc1Cl. The Kier molecular flexibility index (Phi) is 5.77. The second-order valence-electron chi connectivity index (χ2n) is 6.85. The van der Waals surface area contributed by atoms with Crippen LogP contribution in [0.3, 0.4) is 0 Å². The predicted molar refractivity (Wildman–Crippen MR) is 101 cm³/mol. The number of piperidine rings is 1. The van der Waals surface area contributed by atoms with Crippen LogP contribution in [0.5, 0.6) is 0 Å². The highest BCUT2D eigenvalue weighted by Gasteiger charge is 2.28. The molecule has 1 aliphatic rings. The predicted octanol–water partition coefficient (Wildman–Crippen LogP) is 4.10. The van der Waals surface area contributed by atoms with Crippen LogP contribution in [-0.4, -0.2) is 35.1 Å². The molecule has 0 aliphatic carbocycles. The smallest absolute Gasteiger partial charge is 0.253 e. The first-order valence-corrected chi connectivity index (χ1v) is 9.20. The molecule has 0 bridgehead atoms. The van der Waals surface area contributed by atoms with Crippen LogP contribution < -0.4 is 0 Å². The van der Waals surface area contributed by atoms with Gasteiger partial charge in [0.05, 0.1) is 6.10 Å². The topological polar surface area (TPSA) is 40.5 Å². The van der Waals surface area contributed by atoms with Crippen molar-refractivity contribution in [2.75, 3.05) is 13.1 Å². The lowest BCUT2D eigenvalue weighted by Gasteiger charge is -2.34. The molecule has 2 aromatic rings. The molecule has 2 aromatic carbocycles. The number of aliphatic hydroxyl groups excluding tert-OH is 1.